The molecule has 1 unspecified atom stereocenters. The third kappa shape index (κ3) is 4.99. The highest BCUT2D eigenvalue weighted by Crippen LogP contribution is 2.39. The number of ether oxygens (including phenoxy) is 1. The van der Waals surface area contributed by atoms with Gasteiger partial charge in [-0.05, 0) is 35.7 Å². The van der Waals surface area contributed by atoms with Crippen molar-refractivity contribution in [1.29, 1.82) is 0 Å². The molecule has 21 heavy (non-hydrogen) atoms. The predicted molar refractivity (Wildman–Crippen MR) is 79.9 cm³/mol. The fraction of sp³-hybridized carbons (Fsp3) is 0.200. The predicted octanol–water partition coefficient (Wildman–Crippen LogP) is 2.75. The van der Waals surface area contributed by atoms with Crippen molar-refractivity contribution >= 4 is 7.60 Å². The molecule has 0 aliphatic heterocycles. The first kappa shape index (κ1) is 15.7. The second kappa shape index (κ2) is 6.41. The summed E-state index contributed by atoms with van der Waals surface area (Å²) in [7, 11) is -4.04. The molecule has 0 fully saturated rings. The van der Waals surface area contributed by atoms with E-state index in [2.05, 4.69) is 0 Å². The van der Waals surface area contributed by atoms with Crippen molar-refractivity contribution in [3.05, 3.63) is 54.1 Å². The molecular formula is C15H17O5P. The van der Waals surface area contributed by atoms with Crippen molar-refractivity contribution in [3.8, 4) is 16.9 Å². The summed E-state index contributed by atoms with van der Waals surface area (Å²) in [6.07, 6.45) is -1.11. The number of hydrogen-bond donors (Lipinski definition) is 3. The average Bonchev–Trinajstić information content (AvgIpc) is 2.38. The van der Waals surface area contributed by atoms with E-state index in [1.54, 1.807) is 24.3 Å². The molecule has 112 valence electrons. The Morgan fingerprint density at radius 2 is 1.48 bits per heavy atom. The van der Waals surface area contributed by atoms with Crippen molar-refractivity contribution < 1.29 is 24.2 Å². The minimum atomic E-state index is -4.04. The number of aliphatic hydroxyl groups excluding tert-OH is 1. The molecule has 0 aliphatic rings. The molecule has 0 saturated carbocycles. The third-order valence-corrected chi connectivity index (χ3v) is 3.61. The largest absolute Gasteiger partial charge is 0.465 e. The van der Waals surface area contributed by atoms with Gasteiger partial charge in [-0.15, -0.1) is 0 Å². The van der Waals surface area contributed by atoms with E-state index in [0.29, 0.717) is 11.3 Å². The summed E-state index contributed by atoms with van der Waals surface area (Å²) in [6, 6.07) is 14.3. The van der Waals surface area contributed by atoms with Crippen LogP contribution in [-0.4, -0.2) is 21.2 Å². The lowest BCUT2D eigenvalue weighted by Crippen LogP contribution is -2.09. The first-order valence-corrected chi connectivity index (χ1v) is 8.22. The normalized spacial score (nSPS) is 13.0. The van der Waals surface area contributed by atoms with Crippen LogP contribution in [0.5, 0.6) is 5.75 Å². The minimum Gasteiger partial charge on any atom is -0.465 e. The van der Waals surface area contributed by atoms with Crippen molar-refractivity contribution in [2.45, 2.75) is 19.4 Å². The molecule has 3 N–H and O–H groups in total. The van der Waals surface area contributed by atoms with Crippen molar-refractivity contribution in [1.82, 2.24) is 0 Å². The maximum atomic E-state index is 10.9. The highest BCUT2D eigenvalue weighted by Gasteiger charge is 2.13. The van der Waals surface area contributed by atoms with Crippen molar-refractivity contribution in [2.75, 3.05) is 0 Å². The summed E-state index contributed by atoms with van der Waals surface area (Å²) in [6.45, 7) is 1.54. The summed E-state index contributed by atoms with van der Waals surface area (Å²) in [4.78, 5) is 17.9. The van der Waals surface area contributed by atoms with Gasteiger partial charge >= 0.3 is 7.60 Å². The number of benzene rings is 2. The SMILES string of the molecule is CC(O)Oc1ccc(-c2ccc(CP(=O)(O)O)cc2)cc1. The highest BCUT2D eigenvalue weighted by atomic mass is 31.2. The molecule has 5 nitrogen and oxygen atoms in total. The maximum Gasteiger partial charge on any atom is 0.329 e. The van der Waals surface area contributed by atoms with Gasteiger partial charge < -0.3 is 19.6 Å². The highest BCUT2D eigenvalue weighted by molar-refractivity contribution is 7.50. The monoisotopic (exact) mass is 308 g/mol. The van der Waals surface area contributed by atoms with Crippen LogP contribution < -0.4 is 4.74 Å². The van der Waals surface area contributed by atoms with Crippen LogP contribution in [0.1, 0.15) is 12.5 Å². The molecule has 0 amide bonds. The van der Waals surface area contributed by atoms with Crippen LogP contribution in [0.15, 0.2) is 48.5 Å². The topological polar surface area (TPSA) is 87.0 Å². The third-order valence-electron chi connectivity index (χ3n) is 2.84. The molecule has 0 radical (unpaired) electrons. The molecule has 0 bridgehead atoms. The van der Waals surface area contributed by atoms with E-state index < -0.39 is 13.9 Å². The van der Waals surface area contributed by atoms with Gasteiger partial charge in [0.05, 0.1) is 6.16 Å². The quantitative estimate of drug-likeness (QED) is 0.584. The van der Waals surface area contributed by atoms with Gasteiger partial charge in [0.25, 0.3) is 0 Å². The van der Waals surface area contributed by atoms with E-state index >= 15 is 0 Å². The number of rotatable bonds is 5. The summed E-state index contributed by atoms with van der Waals surface area (Å²) in [5.74, 6) is 0.576. The Balaban J connectivity index is 2.13. The Labute approximate surface area is 123 Å². The Bertz CT molecular complexity index is 628. The first-order valence-electron chi connectivity index (χ1n) is 6.42. The van der Waals surface area contributed by atoms with Crippen LogP contribution >= 0.6 is 7.60 Å². The molecule has 0 aromatic heterocycles. The molecule has 0 aliphatic carbocycles. The summed E-state index contributed by atoms with van der Waals surface area (Å²) < 4.78 is 16.1. The lowest BCUT2D eigenvalue weighted by atomic mass is 10.0. The van der Waals surface area contributed by atoms with Crippen LogP contribution in [0, 0.1) is 0 Å². The molecule has 2 rings (SSSR count). The standard InChI is InChI=1S/C15H17O5P/c1-11(16)20-15-8-6-14(7-9-15)13-4-2-12(3-5-13)10-21(17,18)19/h2-9,11,16H,10H2,1H3,(H2,17,18,19). The van der Waals surface area contributed by atoms with Gasteiger partial charge in [0.15, 0.2) is 6.29 Å². The van der Waals surface area contributed by atoms with Crippen LogP contribution in [0.3, 0.4) is 0 Å². The van der Waals surface area contributed by atoms with Crippen LogP contribution in [0.4, 0.5) is 0 Å². The van der Waals surface area contributed by atoms with Gasteiger partial charge in [0, 0.05) is 0 Å². The van der Waals surface area contributed by atoms with E-state index in [1.807, 2.05) is 24.3 Å². The van der Waals surface area contributed by atoms with Gasteiger partial charge in [-0.25, -0.2) is 0 Å². The molecule has 6 heteroatoms. The second-order valence-corrected chi connectivity index (χ2v) is 6.41. The van der Waals surface area contributed by atoms with Gasteiger partial charge in [-0.3, -0.25) is 4.57 Å². The van der Waals surface area contributed by atoms with E-state index in [9.17, 15) is 4.57 Å². The number of aliphatic hydroxyl groups is 1. The van der Waals surface area contributed by atoms with E-state index in [-0.39, 0.29) is 6.16 Å². The van der Waals surface area contributed by atoms with Crippen molar-refractivity contribution in [3.63, 3.8) is 0 Å². The Morgan fingerprint density at radius 1 is 1.00 bits per heavy atom. The Morgan fingerprint density at radius 3 is 1.90 bits per heavy atom. The summed E-state index contributed by atoms with van der Waals surface area (Å²) in [5, 5.41) is 9.13. The fourth-order valence-corrected chi connectivity index (χ4v) is 2.65. The van der Waals surface area contributed by atoms with Crippen LogP contribution in [0.25, 0.3) is 11.1 Å². The van der Waals surface area contributed by atoms with E-state index in [4.69, 9.17) is 19.6 Å². The smallest absolute Gasteiger partial charge is 0.329 e. The summed E-state index contributed by atoms with van der Waals surface area (Å²) >= 11 is 0. The zero-order valence-electron chi connectivity index (χ0n) is 11.5. The van der Waals surface area contributed by atoms with Crippen LogP contribution in [-0.2, 0) is 10.7 Å². The molecule has 1 atom stereocenters. The molecular weight excluding hydrogens is 291 g/mol. The van der Waals surface area contributed by atoms with E-state index in [0.717, 1.165) is 11.1 Å². The fourth-order valence-electron chi connectivity index (χ4n) is 1.96. The van der Waals surface area contributed by atoms with Gasteiger partial charge in [-0.2, -0.15) is 0 Å². The second-order valence-electron chi connectivity index (χ2n) is 4.76. The average molecular weight is 308 g/mol. The molecule has 0 saturated heterocycles. The Hall–Kier alpha value is -1.65. The van der Waals surface area contributed by atoms with Crippen molar-refractivity contribution in [2.24, 2.45) is 0 Å². The zero-order valence-corrected chi connectivity index (χ0v) is 12.4. The van der Waals surface area contributed by atoms with E-state index in [1.165, 1.54) is 6.92 Å². The Kier molecular flexibility index (Phi) is 4.80. The van der Waals surface area contributed by atoms with Gasteiger partial charge in [0.1, 0.15) is 5.75 Å². The maximum absolute atomic E-state index is 10.9. The van der Waals surface area contributed by atoms with Crippen LogP contribution in [0.2, 0.25) is 0 Å². The molecule has 0 spiro atoms. The minimum absolute atomic E-state index is 0.256. The first-order chi connectivity index (χ1) is 9.83. The number of hydrogen-bond acceptors (Lipinski definition) is 3. The lowest BCUT2D eigenvalue weighted by molar-refractivity contribution is -0.000284. The molecule has 0 heterocycles. The summed E-state index contributed by atoms with van der Waals surface area (Å²) in [5.41, 5.74) is 2.49. The van der Waals surface area contributed by atoms with Gasteiger partial charge in [-0.1, -0.05) is 36.4 Å². The van der Waals surface area contributed by atoms with Gasteiger partial charge in [0.2, 0.25) is 0 Å². The lowest BCUT2D eigenvalue weighted by Gasteiger charge is -2.10. The molecule has 2 aromatic carbocycles. The molecule has 2 aromatic rings. The zero-order chi connectivity index (χ0) is 15.5.